The van der Waals surface area contributed by atoms with E-state index in [0.29, 0.717) is 24.2 Å². The zero-order valence-corrected chi connectivity index (χ0v) is 13.2. The minimum absolute atomic E-state index is 0.0258. The van der Waals surface area contributed by atoms with E-state index in [9.17, 15) is 4.79 Å². The van der Waals surface area contributed by atoms with Crippen LogP contribution in [0.4, 0.5) is 0 Å². The van der Waals surface area contributed by atoms with Crippen molar-refractivity contribution >= 4 is 5.91 Å². The number of carbonyl (C=O) groups excluding carboxylic acids is 1. The van der Waals surface area contributed by atoms with Gasteiger partial charge in [0.1, 0.15) is 11.9 Å². The molecule has 0 bridgehead atoms. The molecule has 0 aromatic heterocycles. The number of carbonyl (C=O) groups is 1. The van der Waals surface area contributed by atoms with Gasteiger partial charge in [-0.15, -0.1) is 0 Å². The quantitative estimate of drug-likeness (QED) is 0.875. The molecule has 0 aliphatic carbocycles. The van der Waals surface area contributed by atoms with Crippen LogP contribution in [0, 0.1) is 25.2 Å². The summed E-state index contributed by atoms with van der Waals surface area (Å²) >= 11 is 0. The Kier molecular flexibility index (Phi) is 4.03. The summed E-state index contributed by atoms with van der Waals surface area (Å²) in [7, 11) is 0. The van der Waals surface area contributed by atoms with Gasteiger partial charge in [-0.05, 0) is 43.2 Å². The highest BCUT2D eigenvalue weighted by Crippen LogP contribution is 2.26. The average Bonchev–Trinajstić information content (AvgIpc) is 2.52. The van der Waals surface area contributed by atoms with E-state index in [0.717, 1.165) is 16.9 Å². The van der Waals surface area contributed by atoms with Crippen LogP contribution < -0.4 is 4.74 Å². The number of hydrogen-bond donors (Lipinski definition) is 0. The van der Waals surface area contributed by atoms with E-state index < -0.39 is 0 Å². The van der Waals surface area contributed by atoms with Gasteiger partial charge in [0.05, 0.1) is 24.7 Å². The van der Waals surface area contributed by atoms with Crippen molar-refractivity contribution in [2.24, 2.45) is 0 Å². The van der Waals surface area contributed by atoms with Gasteiger partial charge in [-0.25, -0.2) is 0 Å². The Labute approximate surface area is 135 Å². The highest BCUT2D eigenvalue weighted by Gasteiger charge is 2.33. The number of nitrogens with zero attached hydrogens (tertiary/aromatic N) is 2. The monoisotopic (exact) mass is 306 g/mol. The maximum absolute atomic E-state index is 12.4. The predicted molar refractivity (Wildman–Crippen MR) is 87.4 cm³/mol. The summed E-state index contributed by atoms with van der Waals surface area (Å²) in [6.45, 7) is 5.20. The van der Waals surface area contributed by atoms with Crippen LogP contribution in [0.25, 0.3) is 0 Å². The summed E-state index contributed by atoms with van der Waals surface area (Å²) in [5, 5.41) is 8.92. The first-order valence-corrected chi connectivity index (χ1v) is 7.61. The van der Waals surface area contributed by atoms with Crippen molar-refractivity contribution < 1.29 is 9.53 Å². The standard InChI is InChI=1S/C19H18N2O2/c1-13-5-3-6-14(2)18(13)23-17-11-21(12-17)19(22)16-8-4-7-15(9-16)10-20/h3-9,17H,11-12H2,1-2H3. The van der Waals surface area contributed by atoms with Crippen LogP contribution in [0.5, 0.6) is 5.75 Å². The molecule has 2 aromatic carbocycles. The van der Waals surface area contributed by atoms with Crippen molar-refractivity contribution in [1.29, 1.82) is 5.26 Å². The number of likely N-dealkylation sites (tertiary alicyclic amines) is 1. The topological polar surface area (TPSA) is 53.3 Å². The second-order valence-corrected chi connectivity index (χ2v) is 5.86. The molecule has 0 saturated carbocycles. The third-order valence-electron chi connectivity index (χ3n) is 4.07. The lowest BCUT2D eigenvalue weighted by Gasteiger charge is -2.39. The van der Waals surface area contributed by atoms with Crippen LogP contribution in [-0.4, -0.2) is 30.0 Å². The molecule has 1 aliphatic heterocycles. The van der Waals surface area contributed by atoms with Gasteiger partial charge in [-0.3, -0.25) is 4.79 Å². The molecule has 0 N–H and O–H groups in total. The second kappa shape index (κ2) is 6.13. The third kappa shape index (κ3) is 3.04. The van der Waals surface area contributed by atoms with Crippen molar-refractivity contribution in [2.75, 3.05) is 13.1 Å². The SMILES string of the molecule is Cc1cccc(C)c1OC1CN(C(=O)c2cccc(C#N)c2)C1. The van der Waals surface area contributed by atoms with E-state index in [1.807, 2.05) is 32.0 Å². The van der Waals surface area contributed by atoms with Gasteiger partial charge in [-0.2, -0.15) is 5.26 Å². The lowest BCUT2D eigenvalue weighted by Crippen LogP contribution is -2.56. The number of nitriles is 1. The van der Waals surface area contributed by atoms with E-state index in [1.165, 1.54) is 0 Å². The van der Waals surface area contributed by atoms with Crippen molar-refractivity contribution in [3.63, 3.8) is 0 Å². The van der Waals surface area contributed by atoms with Gasteiger partial charge in [0.15, 0.2) is 0 Å². The third-order valence-corrected chi connectivity index (χ3v) is 4.07. The van der Waals surface area contributed by atoms with Gasteiger partial charge < -0.3 is 9.64 Å². The molecule has 1 aliphatic rings. The Morgan fingerprint density at radius 2 is 1.83 bits per heavy atom. The fourth-order valence-electron chi connectivity index (χ4n) is 2.73. The van der Waals surface area contributed by atoms with E-state index in [1.54, 1.807) is 29.2 Å². The van der Waals surface area contributed by atoms with Crippen LogP contribution in [0.1, 0.15) is 27.0 Å². The van der Waals surface area contributed by atoms with E-state index >= 15 is 0 Å². The molecule has 1 fully saturated rings. The molecule has 0 atom stereocenters. The molecule has 1 amide bonds. The number of para-hydroxylation sites is 1. The molecular weight excluding hydrogens is 288 g/mol. The molecule has 3 rings (SSSR count). The summed E-state index contributed by atoms with van der Waals surface area (Å²) in [5.74, 6) is 0.861. The summed E-state index contributed by atoms with van der Waals surface area (Å²) < 4.78 is 6.03. The van der Waals surface area contributed by atoms with Crippen LogP contribution >= 0.6 is 0 Å². The summed E-state index contributed by atoms with van der Waals surface area (Å²) in [6.07, 6.45) is 0.0258. The maximum atomic E-state index is 12.4. The van der Waals surface area contributed by atoms with Crippen molar-refractivity contribution in [3.05, 3.63) is 64.7 Å². The largest absolute Gasteiger partial charge is 0.486 e. The number of aryl methyl sites for hydroxylation is 2. The molecule has 4 heteroatoms. The first-order chi connectivity index (χ1) is 11.1. The van der Waals surface area contributed by atoms with Gasteiger partial charge in [-0.1, -0.05) is 24.3 Å². The molecule has 0 spiro atoms. The van der Waals surface area contributed by atoms with Gasteiger partial charge >= 0.3 is 0 Å². The summed E-state index contributed by atoms with van der Waals surface area (Å²) in [6, 6.07) is 14.9. The lowest BCUT2D eigenvalue weighted by molar-refractivity contribution is 0.0173. The lowest BCUT2D eigenvalue weighted by atomic mass is 10.1. The predicted octanol–water partition coefficient (Wildman–Crippen LogP) is 3.08. The summed E-state index contributed by atoms with van der Waals surface area (Å²) in [4.78, 5) is 14.1. The van der Waals surface area contributed by atoms with Crippen LogP contribution in [-0.2, 0) is 0 Å². The number of ether oxygens (including phenoxy) is 1. The van der Waals surface area contributed by atoms with Crippen LogP contribution in [0.15, 0.2) is 42.5 Å². The maximum Gasteiger partial charge on any atom is 0.254 e. The summed E-state index contributed by atoms with van der Waals surface area (Å²) in [5.41, 5.74) is 3.27. The first kappa shape index (κ1) is 15.1. The van der Waals surface area contributed by atoms with Gasteiger partial charge in [0, 0.05) is 5.56 Å². The molecule has 116 valence electrons. The number of benzene rings is 2. The van der Waals surface area contributed by atoms with Crippen molar-refractivity contribution in [3.8, 4) is 11.8 Å². The van der Waals surface area contributed by atoms with Gasteiger partial charge in [0.2, 0.25) is 0 Å². The molecule has 1 saturated heterocycles. The molecule has 4 nitrogen and oxygen atoms in total. The van der Waals surface area contributed by atoms with Crippen molar-refractivity contribution in [1.82, 2.24) is 4.90 Å². The minimum atomic E-state index is -0.0524. The molecule has 0 unspecified atom stereocenters. The zero-order chi connectivity index (χ0) is 16.4. The fraction of sp³-hybridized carbons (Fsp3) is 0.263. The Balaban J connectivity index is 1.63. The highest BCUT2D eigenvalue weighted by molar-refractivity contribution is 5.95. The first-order valence-electron chi connectivity index (χ1n) is 7.61. The minimum Gasteiger partial charge on any atom is -0.486 e. The Morgan fingerprint density at radius 1 is 1.17 bits per heavy atom. The molecule has 0 radical (unpaired) electrons. The molecular formula is C19H18N2O2. The average molecular weight is 306 g/mol. The Morgan fingerprint density at radius 3 is 2.48 bits per heavy atom. The normalized spacial score (nSPS) is 14.0. The second-order valence-electron chi connectivity index (χ2n) is 5.86. The molecule has 23 heavy (non-hydrogen) atoms. The number of amides is 1. The number of rotatable bonds is 3. The fourth-order valence-corrected chi connectivity index (χ4v) is 2.73. The highest BCUT2D eigenvalue weighted by atomic mass is 16.5. The van der Waals surface area contributed by atoms with E-state index in [-0.39, 0.29) is 12.0 Å². The Hall–Kier alpha value is -2.80. The number of hydrogen-bond acceptors (Lipinski definition) is 3. The zero-order valence-electron chi connectivity index (χ0n) is 13.2. The van der Waals surface area contributed by atoms with E-state index in [2.05, 4.69) is 6.07 Å². The molecule has 1 heterocycles. The molecule has 2 aromatic rings. The van der Waals surface area contributed by atoms with Crippen LogP contribution in [0.2, 0.25) is 0 Å². The Bertz CT molecular complexity index is 766. The smallest absolute Gasteiger partial charge is 0.254 e. The van der Waals surface area contributed by atoms with Gasteiger partial charge in [0.25, 0.3) is 5.91 Å². The van der Waals surface area contributed by atoms with E-state index in [4.69, 9.17) is 10.00 Å². The van der Waals surface area contributed by atoms with Crippen LogP contribution in [0.3, 0.4) is 0 Å². The van der Waals surface area contributed by atoms with Crippen molar-refractivity contribution in [2.45, 2.75) is 20.0 Å².